The van der Waals surface area contributed by atoms with Gasteiger partial charge in [0.15, 0.2) is 0 Å². The van der Waals surface area contributed by atoms with Crippen LogP contribution in [0.25, 0.3) is 11.1 Å². The molecule has 1 amide bonds. The molecule has 1 aliphatic rings. The molecule has 0 aromatic heterocycles. The van der Waals surface area contributed by atoms with E-state index in [1.165, 1.54) is 0 Å². The van der Waals surface area contributed by atoms with Crippen LogP contribution in [0.1, 0.15) is 30.9 Å². The fraction of sp³-hybridized carbons (Fsp3) is 0.278. The smallest absolute Gasteiger partial charge is 0.229 e. The van der Waals surface area contributed by atoms with E-state index in [4.69, 9.17) is 15.2 Å². The summed E-state index contributed by atoms with van der Waals surface area (Å²) >= 11 is 0. The fourth-order valence-corrected chi connectivity index (χ4v) is 3.04. The molecule has 2 aromatic rings. The predicted molar refractivity (Wildman–Crippen MR) is 85.3 cm³/mol. The molecule has 0 radical (unpaired) electrons. The second-order valence-corrected chi connectivity index (χ2v) is 5.20. The van der Waals surface area contributed by atoms with Crippen molar-refractivity contribution in [3.8, 4) is 22.6 Å². The van der Waals surface area contributed by atoms with E-state index >= 15 is 0 Å². The molecule has 0 heterocycles. The van der Waals surface area contributed by atoms with Gasteiger partial charge in [-0.15, -0.1) is 0 Å². The largest absolute Gasteiger partial charge is 0.494 e. The predicted octanol–water partition coefficient (Wildman–Crippen LogP) is 3.08. The molecule has 22 heavy (non-hydrogen) atoms. The zero-order valence-electron chi connectivity index (χ0n) is 12.8. The Hall–Kier alpha value is -2.49. The number of carbonyl (C=O) groups excluding carboxylic acids is 1. The highest BCUT2D eigenvalue weighted by Gasteiger charge is 2.33. The molecule has 0 spiro atoms. The Morgan fingerprint density at radius 3 is 1.77 bits per heavy atom. The third-order valence-corrected chi connectivity index (χ3v) is 3.86. The quantitative estimate of drug-likeness (QED) is 0.922. The number of rotatable bonds is 5. The summed E-state index contributed by atoms with van der Waals surface area (Å²) in [6, 6.07) is 11.6. The van der Waals surface area contributed by atoms with Crippen molar-refractivity contribution in [3.63, 3.8) is 0 Å². The standard InChI is InChI=1S/C18H19NO3/c1-3-21-11-5-7-13-14-8-6-12(22-4-2)10-16(14)17(18(19)20)15(13)9-11/h5-10,17H,3-4H2,1-2H3,(H2,19,20). The highest BCUT2D eigenvalue weighted by Crippen LogP contribution is 2.47. The maximum absolute atomic E-state index is 12.0. The highest BCUT2D eigenvalue weighted by molar-refractivity contribution is 5.95. The minimum atomic E-state index is -0.453. The third-order valence-electron chi connectivity index (χ3n) is 3.86. The summed E-state index contributed by atoms with van der Waals surface area (Å²) < 4.78 is 11.1. The Bertz CT molecular complexity index is 669. The Kier molecular flexibility index (Phi) is 3.75. The molecular formula is C18H19NO3. The molecule has 2 aromatic carbocycles. The van der Waals surface area contributed by atoms with Crippen LogP contribution in [0.3, 0.4) is 0 Å². The van der Waals surface area contributed by atoms with E-state index in [-0.39, 0.29) is 5.91 Å². The molecule has 114 valence electrons. The maximum Gasteiger partial charge on any atom is 0.229 e. The monoisotopic (exact) mass is 297 g/mol. The molecule has 0 fully saturated rings. The number of fused-ring (bicyclic) bond motifs is 3. The highest BCUT2D eigenvalue weighted by atomic mass is 16.5. The van der Waals surface area contributed by atoms with E-state index in [2.05, 4.69) is 0 Å². The van der Waals surface area contributed by atoms with Gasteiger partial charge in [0.05, 0.1) is 19.1 Å². The van der Waals surface area contributed by atoms with Crippen LogP contribution in [0.2, 0.25) is 0 Å². The molecule has 2 N–H and O–H groups in total. The molecule has 0 aliphatic heterocycles. The molecule has 0 saturated heterocycles. The van der Waals surface area contributed by atoms with Crippen molar-refractivity contribution >= 4 is 5.91 Å². The van der Waals surface area contributed by atoms with Gasteiger partial charge in [-0.3, -0.25) is 4.79 Å². The number of carbonyl (C=O) groups is 1. The van der Waals surface area contributed by atoms with E-state index in [0.29, 0.717) is 13.2 Å². The van der Waals surface area contributed by atoms with Crippen LogP contribution in [0.15, 0.2) is 36.4 Å². The van der Waals surface area contributed by atoms with Crippen LogP contribution in [-0.4, -0.2) is 19.1 Å². The Balaban J connectivity index is 2.13. The topological polar surface area (TPSA) is 61.5 Å². The average Bonchev–Trinajstić information content (AvgIpc) is 2.80. The number of hydrogen-bond donors (Lipinski definition) is 1. The van der Waals surface area contributed by atoms with E-state index in [0.717, 1.165) is 33.8 Å². The normalized spacial score (nSPS) is 12.6. The number of ether oxygens (including phenoxy) is 2. The van der Waals surface area contributed by atoms with Crippen LogP contribution in [0.4, 0.5) is 0 Å². The summed E-state index contributed by atoms with van der Waals surface area (Å²) in [4.78, 5) is 12.0. The summed E-state index contributed by atoms with van der Waals surface area (Å²) in [6.45, 7) is 5.03. The summed E-state index contributed by atoms with van der Waals surface area (Å²) in [5.41, 5.74) is 9.53. The number of primary amides is 1. The van der Waals surface area contributed by atoms with Gasteiger partial charge in [0.25, 0.3) is 0 Å². The summed E-state index contributed by atoms with van der Waals surface area (Å²) in [7, 11) is 0. The third kappa shape index (κ3) is 2.30. The van der Waals surface area contributed by atoms with Gasteiger partial charge in [0, 0.05) is 0 Å². The van der Waals surface area contributed by atoms with Gasteiger partial charge in [-0.1, -0.05) is 12.1 Å². The average molecular weight is 297 g/mol. The first-order valence-corrected chi connectivity index (χ1v) is 7.48. The van der Waals surface area contributed by atoms with Gasteiger partial charge >= 0.3 is 0 Å². The van der Waals surface area contributed by atoms with Crippen molar-refractivity contribution in [1.29, 1.82) is 0 Å². The Morgan fingerprint density at radius 2 is 1.41 bits per heavy atom. The van der Waals surface area contributed by atoms with Gasteiger partial charge in [-0.25, -0.2) is 0 Å². The molecule has 1 aliphatic carbocycles. The van der Waals surface area contributed by atoms with Crippen LogP contribution in [-0.2, 0) is 4.79 Å². The van der Waals surface area contributed by atoms with Crippen molar-refractivity contribution in [3.05, 3.63) is 47.5 Å². The van der Waals surface area contributed by atoms with Crippen molar-refractivity contribution in [2.24, 2.45) is 5.73 Å². The summed E-state index contributed by atoms with van der Waals surface area (Å²) in [6.07, 6.45) is 0. The first-order valence-electron chi connectivity index (χ1n) is 7.48. The second kappa shape index (κ2) is 5.72. The van der Waals surface area contributed by atoms with Crippen molar-refractivity contribution < 1.29 is 14.3 Å². The van der Waals surface area contributed by atoms with Crippen molar-refractivity contribution in [1.82, 2.24) is 0 Å². The summed E-state index contributed by atoms with van der Waals surface area (Å²) in [5, 5.41) is 0. The zero-order valence-corrected chi connectivity index (χ0v) is 12.8. The number of hydrogen-bond acceptors (Lipinski definition) is 3. The lowest BCUT2D eigenvalue weighted by atomic mass is 9.96. The molecule has 0 saturated carbocycles. The molecule has 3 rings (SSSR count). The van der Waals surface area contributed by atoms with Crippen molar-refractivity contribution in [2.45, 2.75) is 19.8 Å². The molecular weight excluding hydrogens is 278 g/mol. The first kappa shape index (κ1) is 14.4. The lowest BCUT2D eigenvalue weighted by Crippen LogP contribution is -2.20. The Morgan fingerprint density at radius 1 is 0.955 bits per heavy atom. The molecule has 0 atom stereocenters. The van der Waals surface area contributed by atoms with E-state index in [1.54, 1.807) is 0 Å². The van der Waals surface area contributed by atoms with Crippen molar-refractivity contribution in [2.75, 3.05) is 13.2 Å². The first-order chi connectivity index (χ1) is 10.7. The Labute approximate surface area is 129 Å². The minimum absolute atomic E-state index is 0.359. The van der Waals surface area contributed by atoms with Crippen LogP contribution in [0.5, 0.6) is 11.5 Å². The van der Waals surface area contributed by atoms with Gasteiger partial charge < -0.3 is 15.2 Å². The van der Waals surface area contributed by atoms with Gasteiger partial charge in [0.2, 0.25) is 5.91 Å². The molecule has 0 unspecified atom stereocenters. The zero-order chi connectivity index (χ0) is 15.7. The van der Waals surface area contributed by atoms with Gasteiger partial charge in [-0.05, 0) is 60.4 Å². The lowest BCUT2D eigenvalue weighted by molar-refractivity contribution is -0.118. The van der Waals surface area contributed by atoms with Crippen LogP contribution >= 0.6 is 0 Å². The van der Waals surface area contributed by atoms with E-state index < -0.39 is 5.92 Å². The SMILES string of the molecule is CCOc1ccc2c(c1)C(C(N)=O)c1cc(OCC)ccc1-2. The van der Waals surface area contributed by atoms with E-state index in [1.807, 2.05) is 50.2 Å². The summed E-state index contributed by atoms with van der Waals surface area (Å²) in [5.74, 6) is 0.698. The molecule has 4 heteroatoms. The van der Waals surface area contributed by atoms with Crippen LogP contribution in [0, 0.1) is 0 Å². The number of benzene rings is 2. The van der Waals surface area contributed by atoms with E-state index in [9.17, 15) is 4.79 Å². The molecule has 4 nitrogen and oxygen atoms in total. The molecule has 0 bridgehead atoms. The minimum Gasteiger partial charge on any atom is -0.494 e. The number of nitrogens with two attached hydrogens (primary N) is 1. The number of amides is 1. The lowest BCUT2D eigenvalue weighted by Gasteiger charge is -2.11. The van der Waals surface area contributed by atoms with Gasteiger partial charge in [-0.2, -0.15) is 0 Å². The van der Waals surface area contributed by atoms with Gasteiger partial charge in [0.1, 0.15) is 11.5 Å². The fourth-order valence-electron chi connectivity index (χ4n) is 3.04. The maximum atomic E-state index is 12.0. The van der Waals surface area contributed by atoms with Crippen LogP contribution < -0.4 is 15.2 Å². The second-order valence-electron chi connectivity index (χ2n) is 5.20.